The fraction of sp³-hybridized carbons (Fsp3) is 0.533. The third-order valence-corrected chi connectivity index (χ3v) is 4.34. The molecule has 0 saturated carbocycles. The summed E-state index contributed by atoms with van der Waals surface area (Å²) in [6.45, 7) is 6.04. The fourth-order valence-corrected chi connectivity index (χ4v) is 2.99. The molecule has 1 fully saturated rings. The van der Waals surface area contributed by atoms with Crippen molar-refractivity contribution in [2.24, 2.45) is 11.3 Å². The van der Waals surface area contributed by atoms with Gasteiger partial charge in [-0.1, -0.05) is 37.6 Å². The quantitative estimate of drug-likeness (QED) is 0.907. The minimum atomic E-state index is -0.192. The van der Waals surface area contributed by atoms with Gasteiger partial charge in [0.1, 0.15) is 5.78 Å². The molecule has 18 heavy (non-hydrogen) atoms. The summed E-state index contributed by atoms with van der Waals surface area (Å²) in [6, 6.07) is 7.60. The molecule has 1 aliphatic heterocycles. The highest BCUT2D eigenvalue weighted by Gasteiger charge is 2.42. The standard InChI is InChI=1S/C15H20ClNO/c1-11(2)15(6-7-17-10-15)14(18)9-12-4-3-5-13(16)8-12/h3-5,8,11,17H,6-7,9-10H2,1-2H3. The molecule has 3 heteroatoms. The van der Waals surface area contributed by atoms with E-state index in [1.807, 2.05) is 24.3 Å². The molecule has 0 spiro atoms. The molecule has 0 aliphatic carbocycles. The lowest BCUT2D eigenvalue weighted by Crippen LogP contribution is -2.39. The Bertz CT molecular complexity index is 436. The largest absolute Gasteiger partial charge is 0.316 e. The van der Waals surface area contributed by atoms with E-state index in [0.717, 1.165) is 25.1 Å². The molecule has 1 heterocycles. The van der Waals surface area contributed by atoms with Crippen LogP contribution in [0.1, 0.15) is 25.8 Å². The van der Waals surface area contributed by atoms with Crippen molar-refractivity contribution < 1.29 is 4.79 Å². The number of Topliss-reactive ketones (excluding diaryl/α,β-unsaturated/α-hetero) is 1. The van der Waals surface area contributed by atoms with Crippen LogP contribution in [0, 0.1) is 11.3 Å². The van der Waals surface area contributed by atoms with E-state index in [2.05, 4.69) is 19.2 Å². The predicted octanol–water partition coefficient (Wildman–Crippen LogP) is 3.09. The van der Waals surface area contributed by atoms with Crippen molar-refractivity contribution in [1.29, 1.82) is 0 Å². The number of rotatable bonds is 4. The maximum Gasteiger partial charge on any atom is 0.144 e. The number of hydrogen-bond acceptors (Lipinski definition) is 2. The zero-order chi connectivity index (χ0) is 13.2. The Morgan fingerprint density at radius 1 is 1.50 bits per heavy atom. The van der Waals surface area contributed by atoms with E-state index in [1.54, 1.807) is 0 Å². The smallest absolute Gasteiger partial charge is 0.144 e. The Hall–Kier alpha value is -0.860. The third-order valence-electron chi connectivity index (χ3n) is 4.10. The average Bonchev–Trinajstić information content (AvgIpc) is 2.79. The molecule has 2 rings (SSSR count). The van der Waals surface area contributed by atoms with Gasteiger partial charge in [-0.2, -0.15) is 0 Å². The van der Waals surface area contributed by atoms with Crippen molar-refractivity contribution in [3.05, 3.63) is 34.9 Å². The zero-order valence-corrected chi connectivity index (χ0v) is 11.8. The molecule has 0 radical (unpaired) electrons. The monoisotopic (exact) mass is 265 g/mol. The molecular formula is C15H20ClNO. The molecule has 0 amide bonds. The lowest BCUT2D eigenvalue weighted by molar-refractivity contribution is -0.129. The summed E-state index contributed by atoms with van der Waals surface area (Å²) in [5, 5.41) is 4.02. The highest BCUT2D eigenvalue weighted by molar-refractivity contribution is 6.30. The molecular weight excluding hydrogens is 246 g/mol. The Kier molecular flexibility index (Phi) is 4.08. The van der Waals surface area contributed by atoms with Crippen LogP contribution in [0.2, 0.25) is 5.02 Å². The number of carbonyl (C=O) groups is 1. The SMILES string of the molecule is CC(C)C1(C(=O)Cc2cccc(Cl)c2)CCNC1. The topological polar surface area (TPSA) is 29.1 Å². The van der Waals surface area contributed by atoms with Crippen LogP contribution in [0.5, 0.6) is 0 Å². The molecule has 0 bridgehead atoms. The summed E-state index contributed by atoms with van der Waals surface area (Å²) in [5.41, 5.74) is 0.821. The molecule has 1 saturated heterocycles. The van der Waals surface area contributed by atoms with Crippen LogP contribution in [0.3, 0.4) is 0 Å². The molecule has 1 N–H and O–H groups in total. The zero-order valence-electron chi connectivity index (χ0n) is 11.0. The van der Waals surface area contributed by atoms with Crippen molar-refractivity contribution in [2.45, 2.75) is 26.7 Å². The van der Waals surface area contributed by atoms with Gasteiger partial charge >= 0.3 is 0 Å². The van der Waals surface area contributed by atoms with Gasteiger partial charge in [-0.15, -0.1) is 0 Å². The molecule has 1 aromatic rings. The first-order valence-electron chi connectivity index (χ1n) is 6.53. The van der Waals surface area contributed by atoms with Crippen molar-refractivity contribution in [2.75, 3.05) is 13.1 Å². The maximum absolute atomic E-state index is 12.6. The van der Waals surface area contributed by atoms with Crippen molar-refractivity contribution in [3.8, 4) is 0 Å². The van der Waals surface area contributed by atoms with Gasteiger partial charge in [0.15, 0.2) is 0 Å². The molecule has 1 aliphatic rings. The molecule has 1 unspecified atom stereocenters. The summed E-state index contributed by atoms with van der Waals surface area (Å²) in [6.07, 6.45) is 1.44. The molecule has 1 aromatic carbocycles. The number of hydrogen-bond donors (Lipinski definition) is 1. The normalized spacial score (nSPS) is 23.6. The van der Waals surface area contributed by atoms with Gasteiger partial charge in [-0.25, -0.2) is 0 Å². The Morgan fingerprint density at radius 3 is 2.83 bits per heavy atom. The van der Waals surface area contributed by atoms with Crippen LogP contribution in [0.15, 0.2) is 24.3 Å². The molecule has 98 valence electrons. The Balaban J connectivity index is 2.16. The number of nitrogens with one attached hydrogen (secondary N) is 1. The second-order valence-electron chi connectivity index (χ2n) is 5.47. The number of carbonyl (C=O) groups excluding carboxylic acids is 1. The second-order valence-corrected chi connectivity index (χ2v) is 5.90. The van der Waals surface area contributed by atoms with E-state index >= 15 is 0 Å². The minimum absolute atomic E-state index is 0.192. The fourth-order valence-electron chi connectivity index (χ4n) is 2.77. The van der Waals surface area contributed by atoms with E-state index in [9.17, 15) is 4.79 Å². The van der Waals surface area contributed by atoms with E-state index in [-0.39, 0.29) is 5.41 Å². The summed E-state index contributed by atoms with van der Waals surface area (Å²) < 4.78 is 0. The first kappa shape index (κ1) is 13.6. The average molecular weight is 266 g/mol. The van der Waals surface area contributed by atoms with Crippen LogP contribution < -0.4 is 5.32 Å². The van der Waals surface area contributed by atoms with Crippen LogP contribution in [0.4, 0.5) is 0 Å². The van der Waals surface area contributed by atoms with Crippen LogP contribution in [-0.4, -0.2) is 18.9 Å². The van der Waals surface area contributed by atoms with Crippen LogP contribution >= 0.6 is 11.6 Å². The number of benzene rings is 1. The Labute approximate surface area is 114 Å². The highest BCUT2D eigenvalue weighted by atomic mass is 35.5. The molecule has 2 nitrogen and oxygen atoms in total. The minimum Gasteiger partial charge on any atom is -0.316 e. The van der Waals surface area contributed by atoms with Gasteiger partial charge in [0.25, 0.3) is 0 Å². The summed E-state index contributed by atoms with van der Waals surface area (Å²) >= 11 is 5.96. The van der Waals surface area contributed by atoms with Crippen molar-refractivity contribution >= 4 is 17.4 Å². The first-order chi connectivity index (χ1) is 8.54. The van der Waals surface area contributed by atoms with Gasteiger partial charge in [-0.3, -0.25) is 4.79 Å². The highest BCUT2D eigenvalue weighted by Crippen LogP contribution is 2.36. The predicted molar refractivity (Wildman–Crippen MR) is 74.9 cm³/mol. The van der Waals surface area contributed by atoms with E-state index in [1.165, 1.54) is 0 Å². The van der Waals surface area contributed by atoms with Gasteiger partial charge in [0.05, 0.1) is 0 Å². The maximum atomic E-state index is 12.6. The van der Waals surface area contributed by atoms with E-state index in [4.69, 9.17) is 11.6 Å². The van der Waals surface area contributed by atoms with Gasteiger partial charge in [0, 0.05) is 23.4 Å². The molecule has 0 aromatic heterocycles. The first-order valence-corrected chi connectivity index (χ1v) is 6.91. The Morgan fingerprint density at radius 2 is 2.28 bits per heavy atom. The van der Waals surface area contributed by atoms with Gasteiger partial charge < -0.3 is 5.32 Å². The lowest BCUT2D eigenvalue weighted by atomic mass is 9.71. The van der Waals surface area contributed by atoms with E-state index in [0.29, 0.717) is 23.1 Å². The van der Waals surface area contributed by atoms with E-state index < -0.39 is 0 Å². The summed E-state index contributed by atoms with van der Waals surface area (Å²) in [7, 11) is 0. The summed E-state index contributed by atoms with van der Waals surface area (Å²) in [4.78, 5) is 12.6. The lowest BCUT2D eigenvalue weighted by Gasteiger charge is -2.31. The van der Waals surface area contributed by atoms with Crippen molar-refractivity contribution in [1.82, 2.24) is 5.32 Å². The number of halogens is 1. The number of ketones is 1. The molecule has 1 atom stereocenters. The second kappa shape index (κ2) is 5.41. The van der Waals surface area contributed by atoms with Gasteiger partial charge in [0.2, 0.25) is 0 Å². The van der Waals surface area contributed by atoms with Crippen LogP contribution in [0.25, 0.3) is 0 Å². The van der Waals surface area contributed by atoms with Crippen molar-refractivity contribution in [3.63, 3.8) is 0 Å². The third kappa shape index (κ3) is 2.60. The van der Waals surface area contributed by atoms with Gasteiger partial charge in [-0.05, 0) is 36.6 Å². The summed E-state index contributed by atoms with van der Waals surface area (Å²) in [5.74, 6) is 0.712. The van der Waals surface area contributed by atoms with Crippen LogP contribution in [-0.2, 0) is 11.2 Å².